The van der Waals surface area contributed by atoms with Crippen molar-refractivity contribution in [3.63, 3.8) is 0 Å². The predicted octanol–water partition coefficient (Wildman–Crippen LogP) is 2.04. The largest absolute Gasteiger partial charge is 0.389 e. The van der Waals surface area contributed by atoms with E-state index in [1.54, 1.807) is 6.92 Å². The highest BCUT2D eigenvalue weighted by Crippen LogP contribution is 2.26. The number of nitrogens with one attached hydrogen (secondary N) is 1. The molecule has 0 bridgehead atoms. The third-order valence-corrected chi connectivity index (χ3v) is 2.62. The topological polar surface area (TPSA) is 29.1 Å². The van der Waals surface area contributed by atoms with Gasteiger partial charge in [0.2, 0.25) is 0 Å². The molecule has 0 amide bonds. The molecule has 1 saturated heterocycles. The number of carbonyl (C=O) groups excluding carboxylic acids is 1. The Kier molecular flexibility index (Phi) is 3.19. The van der Waals surface area contributed by atoms with Gasteiger partial charge in [0.1, 0.15) is 0 Å². The summed E-state index contributed by atoms with van der Waals surface area (Å²) in [5.41, 5.74) is -0.717. The van der Waals surface area contributed by atoms with E-state index >= 15 is 0 Å². The van der Waals surface area contributed by atoms with E-state index in [0.717, 1.165) is 6.42 Å². The maximum Gasteiger partial charge on any atom is 0.389 e. The lowest BCUT2D eigenvalue weighted by molar-refractivity contribution is -0.145. The molecule has 1 aliphatic rings. The third-order valence-electron chi connectivity index (χ3n) is 2.62. The molecule has 1 aliphatic heterocycles. The monoisotopic (exact) mass is 209 g/mol. The van der Waals surface area contributed by atoms with Crippen molar-refractivity contribution in [1.82, 2.24) is 5.32 Å². The highest BCUT2D eigenvalue weighted by atomic mass is 19.4. The molecule has 2 nitrogen and oxygen atoms in total. The Balaban J connectivity index is 2.42. The standard InChI is InChI=1S/C9H14F3NO/c1-8(4-2-6-13-8)7(14)3-5-9(10,11)12/h13H,2-6H2,1H3. The highest BCUT2D eigenvalue weighted by Gasteiger charge is 2.37. The molecule has 1 rings (SSSR count). The molecule has 14 heavy (non-hydrogen) atoms. The lowest BCUT2D eigenvalue weighted by atomic mass is 9.92. The molecule has 0 saturated carbocycles. The molecule has 82 valence electrons. The second kappa shape index (κ2) is 3.88. The molecular formula is C9H14F3NO. The Hall–Kier alpha value is -0.580. The highest BCUT2D eigenvalue weighted by molar-refractivity contribution is 5.88. The zero-order valence-corrected chi connectivity index (χ0v) is 8.08. The van der Waals surface area contributed by atoms with Crippen LogP contribution >= 0.6 is 0 Å². The SMILES string of the molecule is CC1(C(=O)CCC(F)(F)F)CCCN1. The van der Waals surface area contributed by atoms with Gasteiger partial charge in [-0.15, -0.1) is 0 Å². The van der Waals surface area contributed by atoms with Crippen molar-refractivity contribution in [2.24, 2.45) is 0 Å². The van der Waals surface area contributed by atoms with E-state index in [1.165, 1.54) is 0 Å². The summed E-state index contributed by atoms with van der Waals surface area (Å²) in [5.74, 6) is -0.327. The number of rotatable bonds is 3. The molecule has 0 radical (unpaired) electrons. The zero-order valence-electron chi connectivity index (χ0n) is 8.08. The molecule has 1 heterocycles. The Morgan fingerprint density at radius 3 is 2.57 bits per heavy atom. The van der Waals surface area contributed by atoms with Crippen molar-refractivity contribution in [2.75, 3.05) is 6.54 Å². The Morgan fingerprint density at radius 1 is 1.50 bits per heavy atom. The van der Waals surface area contributed by atoms with Crippen LogP contribution in [0.25, 0.3) is 0 Å². The molecule has 1 unspecified atom stereocenters. The predicted molar refractivity (Wildman–Crippen MR) is 45.9 cm³/mol. The average Bonchev–Trinajstić information content (AvgIpc) is 2.48. The Bertz CT molecular complexity index is 219. The van der Waals surface area contributed by atoms with Gasteiger partial charge in [-0.25, -0.2) is 0 Å². The van der Waals surface area contributed by atoms with Crippen LogP contribution in [0.15, 0.2) is 0 Å². The van der Waals surface area contributed by atoms with Crippen LogP contribution in [0.1, 0.15) is 32.6 Å². The van der Waals surface area contributed by atoms with Crippen LogP contribution in [0.5, 0.6) is 0 Å². The fourth-order valence-electron chi connectivity index (χ4n) is 1.66. The smallest absolute Gasteiger partial charge is 0.305 e. The third kappa shape index (κ3) is 2.97. The second-order valence-corrected chi connectivity index (χ2v) is 3.90. The normalized spacial score (nSPS) is 28.0. The molecule has 5 heteroatoms. The number of hydrogen-bond donors (Lipinski definition) is 1. The van der Waals surface area contributed by atoms with Gasteiger partial charge in [-0.1, -0.05) is 0 Å². The minimum Gasteiger partial charge on any atom is -0.305 e. The van der Waals surface area contributed by atoms with E-state index < -0.39 is 24.6 Å². The van der Waals surface area contributed by atoms with Gasteiger partial charge < -0.3 is 5.32 Å². The first kappa shape index (κ1) is 11.5. The van der Waals surface area contributed by atoms with Gasteiger partial charge in [0.05, 0.1) is 12.0 Å². The van der Waals surface area contributed by atoms with Gasteiger partial charge in [-0.05, 0) is 26.3 Å². The van der Waals surface area contributed by atoms with Crippen LogP contribution in [0, 0.1) is 0 Å². The summed E-state index contributed by atoms with van der Waals surface area (Å²) in [7, 11) is 0. The number of halogens is 3. The summed E-state index contributed by atoms with van der Waals surface area (Å²) in [4.78, 5) is 11.5. The first-order valence-corrected chi connectivity index (χ1v) is 4.69. The van der Waals surface area contributed by atoms with Crippen LogP contribution < -0.4 is 5.32 Å². The van der Waals surface area contributed by atoms with Crippen molar-refractivity contribution in [3.8, 4) is 0 Å². The lowest BCUT2D eigenvalue weighted by Crippen LogP contribution is -2.44. The first-order valence-electron chi connectivity index (χ1n) is 4.69. The van der Waals surface area contributed by atoms with Crippen molar-refractivity contribution >= 4 is 5.78 Å². The molecule has 1 N–H and O–H groups in total. The molecule has 1 atom stereocenters. The molecule has 0 aromatic rings. The Morgan fingerprint density at radius 2 is 2.14 bits per heavy atom. The quantitative estimate of drug-likeness (QED) is 0.770. The van der Waals surface area contributed by atoms with Gasteiger partial charge in [-0.3, -0.25) is 4.79 Å². The van der Waals surface area contributed by atoms with Crippen molar-refractivity contribution in [1.29, 1.82) is 0 Å². The van der Waals surface area contributed by atoms with Crippen molar-refractivity contribution < 1.29 is 18.0 Å². The number of hydrogen-bond acceptors (Lipinski definition) is 2. The van der Waals surface area contributed by atoms with E-state index in [2.05, 4.69) is 5.32 Å². The first-order chi connectivity index (χ1) is 6.33. The van der Waals surface area contributed by atoms with Gasteiger partial charge in [-0.2, -0.15) is 13.2 Å². The summed E-state index contributed by atoms with van der Waals surface area (Å²) >= 11 is 0. The van der Waals surface area contributed by atoms with Crippen LogP contribution in [0.2, 0.25) is 0 Å². The van der Waals surface area contributed by atoms with Gasteiger partial charge >= 0.3 is 6.18 Å². The molecule has 0 spiro atoms. The molecule has 0 aliphatic carbocycles. The average molecular weight is 209 g/mol. The van der Waals surface area contributed by atoms with Gasteiger partial charge in [0.25, 0.3) is 0 Å². The van der Waals surface area contributed by atoms with E-state index in [9.17, 15) is 18.0 Å². The van der Waals surface area contributed by atoms with Crippen molar-refractivity contribution in [2.45, 2.75) is 44.3 Å². The molecular weight excluding hydrogens is 195 g/mol. The van der Waals surface area contributed by atoms with Crippen molar-refractivity contribution in [3.05, 3.63) is 0 Å². The van der Waals surface area contributed by atoms with Crippen LogP contribution in [-0.2, 0) is 4.79 Å². The minimum atomic E-state index is -4.23. The second-order valence-electron chi connectivity index (χ2n) is 3.90. The van der Waals surface area contributed by atoms with Crippen LogP contribution in [-0.4, -0.2) is 24.0 Å². The summed E-state index contributed by atoms with van der Waals surface area (Å²) in [6.07, 6.45) is -4.15. The van der Waals surface area contributed by atoms with E-state index in [1.807, 2.05) is 0 Å². The van der Waals surface area contributed by atoms with Crippen LogP contribution in [0.3, 0.4) is 0 Å². The van der Waals surface area contributed by atoms with Crippen LogP contribution in [0.4, 0.5) is 13.2 Å². The molecule has 1 fully saturated rings. The molecule has 0 aromatic carbocycles. The van der Waals surface area contributed by atoms with E-state index in [0.29, 0.717) is 13.0 Å². The fraction of sp³-hybridized carbons (Fsp3) is 0.889. The fourth-order valence-corrected chi connectivity index (χ4v) is 1.66. The maximum atomic E-state index is 11.9. The maximum absolute atomic E-state index is 11.9. The van der Waals surface area contributed by atoms with E-state index in [4.69, 9.17) is 0 Å². The summed E-state index contributed by atoms with van der Waals surface area (Å²) in [6.45, 7) is 2.40. The molecule has 0 aromatic heterocycles. The number of alkyl halides is 3. The van der Waals surface area contributed by atoms with Gasteiger partial charge in [0.15, 0.2) is 5.78 Å². The van der Waals surface area contributed by atoms with Gasteiger partial charge in [0, 0.05) is 6.42 Å². The minimum absolute atomic E-state index is 0.327. The Labute approximate surface area is 80.9 Å². The summed E-state index contributed by atoms with van der Waals surface area (Å²) in [5, 5.41) is 2.95. The summed E-state index contributed by atoms with van der Waals surface area (Å²) < 4.78 is 35.6. The number of Topliss-reactive ketones (excluding diaryl/α,β-unsaturated/α-hetero) is 1. The number of carbonyl (C=O) groups is 1. The zero-order chi connectivity index (χ0) is 10.8. The van der Waals surface area contributed by atoms with E-state index in [-0.39, 0.29) is 5.78 Å². The lowest BCUT2D eigenvalue weighted by Gasteiger charge is -2.22. The number of ketones is 1. The summed E-state index contributed by atoms with van der Waals surface area (Å²) in [6, 6.07) is 0.